The molecular weight excluding hydrogens is 280 g/mol. The SMILES string of the molecule is CN(CCC(=O)O)[C@@H]1CCN(c2ccccc2Cl)C1=O. The quantitative estimate of drug-likeness (QED) is 0.901. The maximum absolute atomic E-state index is 12.4. The second-order valence-electron chi connectivity index (χ2n) is 4.87. The maximum Gasteiger partial charge on any atom is 0.304 e. The van der Waals surface area contributed by atoms with E-state index in [1.54, 1.807) is 22.9 Å². The van der Waals surface area contributed by atoms with Crippen LogP contribution in [0.2, 0.25) is 5.02 Å². The lowest BCUT2D eigenvalue weighted by Crippen LogP contribution is -2.40. The second-order valence-corrected chi connectivity index (χ2v) is 5.28. The molecule has 1 aliphatic heterocycles. The summed E-state index contributed by atoms with van der Waals surface area (Å²) in [7, 11) is 1.78. The van der Waals surface area contributed by atoms with E-state index in [-0.39, 0.29) is 18.4 Å². The number of hydrogen-bond donors (Lipinski definition) is 1. The summed E-state index contributed by atoms with van der Waals surface area (Å²) >= 11 is 6.11. The number of para-hydroxylation sites is 1. The Hall–Kier alpha value is -1.59. The van der Waals surface area contributed by atoms with Gasteiger partial charge < -0.3 is 10.0 Å². The van der Waals surface area contributed by atoms with Gasteiger partial charge in [-0.15, -0.1) is 0 Å². The number of nitrogens with zero attached hydrogens (tertiary/aromatic N) is 2. The molecule has 0 radical (unpaired) electrons. The summed E-state index contributed by atoms with van der Waals surface area (Å²) in [6, 6.07) is 6.97. The molecule has 0 spiro atoms. The molecule has 1 saturated heterocycles. The van der Waals surface area contributed by atoms with Crippen molar-refractivity contribution >= 4 is 29.2 Å². The number of amides is 1. The highest BCUT2D eigenvalue weighted by Gasteiger charge is 2.35. The smallest absolute Gasteiger partial charge is 0.304 e. The number of rotatable bonds is 5. The Morgan fingerprint density at radius 3 is 2.85 bits per heavy atom. The van der Waals surface area contributed by atoms with Gasteiger partial charge in [0.2, 0.25) is 5.91 Å². The fourth-order valence-corrected chi connectivity index (χ4v) is 2.65. The summed E-state index contributed by atoms with van der Waals surface area (Å²) in [5.74, 6) is -0.878. The lowest BCUT2D eigenvalue weighted by Gasteiger charge is -2.23. The van der Waals surface area contributed by atoms with Gasteiger partial charge in [-0.05, 0) is 25.6 Å². The summed E-state index contributed by atoms with van der Waals surface area (Å²) in [5, 5.41) is 9.25. The average Bonchev–Trinajstić information content (AvgIpc) is 2.78. The van der Waals surface area contributed by atoms with E-state index in [4.69, 9.17) is 16.7 Å². The topological polar surface area (TPSA) is 60.9 Å². The van der Waals surface area contributed by atoms with Gasteiger partial charge >= 0.3 is 5.97 Å². The predicted molar refractivity (Wildman–Crippen MR) is 77.1 cm³/mol. The van der Waals surface area contributed by atoms with Gasteiger partial charge in [-0.1, -0.05) is 23.7 Å². The van der Waals surface area contributed by atoms with Gasteiger partial charge in [-0.2, -0.15) is 0 Å². The van der Waals surface area contributed by atoms with Gasteiger partial charge in [0, 0.05) is 13.1 Å². The fraction of sp³-hybridized carbons (Fsp3) is 0.429. The first-order valence-electron chi connectivity index (χ1n) is 6.48. The zero-order valence-electron chi connectivity index (χ0n) is 11.3. The molecule has 1 aromatic rings. The van der Waals surface area contributed by atoms with Crippen LogP contribution in [0.1, 0.15) is 12.8 Å². The van der Waals surface area contributed by atoms with Crippen molar-refractivity contribution in [3.8, 4) is 0 Å². The number of carbonyl (C=O) groups excluding carboxylic acids is 1. The first kappa shape index (κ1) is 14.8. The van der Waals surface area contributed by atoms with E-state index >= 15 is 0 Å². The summed E-state index contributed by atoms with van der Waals surface area (Å²) in [5.41, 5.74) is 0.716. The van der Waals surface area contributed by atoms with E-state index in [0.717, 1.165) is 0 Å². The van der Waals surface area contributed by atoms with Crippen LogP contribution in [0, 0.1) is 0 Å². The molecule has 1 fully saturated rings. The number of likely N-dealkylation sites (N-methyl/N-ethyl adjacent to an activating group) is 1. The number of benzene rings is 1. The zero-order chi connectivity index (χ0) is 14.7. The van der Waals surface area contributed by atoms with Gasteiger partial charge in [0.1, 0.15) is 0 Å². The summed E-state index contributed by atoms with van der Waals surface area (Å²) in [6.45, 7) is 0.965. The summed E-state index contributed by atoms with van der Waals surface area (Å²) < 4.78 is 0. The summed E-state index contributed by atoms with van der Waals surface area (Å²) in [4.78, 5) is 26.5. The Balaban J connectivity index is 2.06. The molecule has 20 heavy (non-hydrogen) atoms. The number of carboxylic acid groups (broad SMARTS) is 1. The molecule has 2 rings (SSSR count). The molecule has 0 aromatic heterocycles. The molecule has 0 unspecified atom stereocenters. The molecular formula is C14H17ClN2O3. The molecule has 6 heteroatoms. The van der Waals surface area contributed by atoms with Crippen molar-refractivity contribution in [3.63, 3.8) is 0 Å². The molecule has 0 saturated carbocycles. The molecule has 1 N–H and O–H groups in total. The van der Waals surface area contributed by atoms with Crippen LogP contribution in [0.4, 0.5) is 5.69 Å². The average molecular weight is 297 g/mol. The van der Waals surface area contributed by atoms with Crippen LogP contribution in [0.15, 0.2) is 24.3 Å². The minimum atomic E-state index is -0.856. The number of halogens is 1. The van der Waals surface area contributed by atoms with Crippen molar-refractivity contribution in [2.75, 3.05) is 25.0 Å². The van der Waals surface area contributed by atoms with Gasteiger partial charge in [0.05, 0.1) is 23.2 Å². The minimum Gasteiger partial charge on any atom is -0.481 e. The Morgan fingerprint density at radius 1 is 1.50 bits per heavy atom. The molecule has 1 atom stereocenters. The zero-order valence-corrected chi connectivity index (χ0v) is 12.0. The van der Waals surface area contributed by atoms with Gasteiger partial charge in [-0.3, -0.25) is 14.5 Å². The van der Waals surface area contributed by atoms with Crippen molar-refractivity contribution < 1.29 is 14.7 Å². The van der Waals surface area contributed by atoms with Gasteiger partial charge in [0.25, 0.3) is 0 Å². The first-order valence-corrected chi connectivity index (χ1v) is 6.86. The van der Waals surface area contributed by atoms with Crippen molar-refractivity contribution in [1.82, 2.24) is 4.90 Å². The van der Waals surface area contributed by atoms with E-state index in [0.29, 0.717) is 30.2 Å². The van der Waals surface area contributed by atoms with Crippen LogP contribution in [-0.2, 0) is 9.59 Å². The molecule has 1 aliphatic rings. The Labute approximate surface area is 122 Å². The van der Waals surface area contributed by atoms with Crippen LogP contribution in [0.5, 0.6) is 0 Å². The third kappa shape index (κ3) is 3.11. The largest absolute Gasteiger partial charge is 0.481 e. The van der Waals surface area contributed by atoms with Gasteiger partial charge in [0.15, 0.2) is 0 Å². The van der Waals surface area contributed by atoms with E-state index < -0.39 is 5.97 Å². The number of anilines is 1. The minimum absolute atomic E-state index is 0.0222. The number of hydrogen-bond acceptors (Lipinski definition) is 3. The standard InChI is InChI=1S/C14H17ClN2O3/c1-16(8-7-13(18)19)12-6-9-17(14(12)20)11-5-3-2-4-10(11)15/h2-5,12H,6-9H2,1H3,(H,18,19)/t12-/m1/s1. The molecule has 1 amide bonds. The second kappa shape index (κ2) is 6.24. The Morgan fingerprint density at radius 2 is 2.20 bits per heavy atom. The van der Waals surface area contributed by atoms with Crippen LogP contribution in [0.3, 0.4) is 0 Å². The van der Waals surface area contributed by atoms with E-state index in [9.17, 15) is 9.59 Å². The van der Waals surface area contributed by atoms with Crippen molar-refractivity contribution in [3.05, 3.63) is 29.3 Å². The van der Waals surface area contributed by atoms with Crippen LogP contribution in [-0.4, -0.2) is 48.1 Å². The first-order chi connectivity index (χ1) is 9.50. The molecule has 5 nitrogen and oxygen atoms in total. The van der Waals surface area contributed by atoms with E-state index in [2.05, 4.69) is 0 Å². The molecule has 1 heterocycles. The predicted octanol–water partition coefficient (Wildman–Crippen LogP) is 1.85. The van der Waals surface area contributed by atoms with E-state index in [1.807, 2.05) is 18.2 Å². The summed E-state index contributed by atoms with van der Waals surface area (Å²) in [6.07, 6.45) is 0.715. The van der Waals surface area contributed by atoms with Crippen molar-refractivity contribution in [2.45, 2.75) is 18.9 Å². The highest BCUT2D eigenvalue weighted by Crippen LogP contribution is 2.30. The molecule has 0 bridgehead atoms. The number of aliphatic carboxylic acids is 1. The number of carboxylic acids is 1. The third-order valence-electron chi connectivity index (χ3n) is 3.53. The molecule has 108 valence electrons. The fourth-order valence-electron chi connectivity index (χ4n) is 2.41. The maximum atomic E-state index is 12.4. The molecule has 1 aromatic carbocycles. The lowest BCUT2D eigenvalue weighted by molar-refractivity contribution is -0.137. The van der Waals surface area contributed by atoms with Gasteiger partial charge in [-0.25, -0.2) is 0 Å². The lowest BCUT2D eigenvalue weighted by atomic mass is 10.2. The van der Waals surface area contributed by atoms with Crippen LogP contribution >= 0.6 is 11.6 Å². The molecule has 0 aliphatic carbocycles. The number of carbonyl (C=O) groups is 2. The van der Waals surface area contributed by atoms with E-state index in [1.165, 1.54) is 0 Å². The monoisotopic (exact) mass is 296 g/mol. The highest BCUT2D eigenvalue weighted by atomic mass is 35.5. The Bertz CT molecular complexity index is 521. The van der Waals surface area contributed by atoms with Crippen LogP contribution < -0.4 is 4.90 Å². The van der Waals surface area contributed by atoms with Crippen molar-refractivity contribution in [2.24, 2.45) is 0 Å². The highest BCUT2D eigenvalue weighted by molar-refractivity contribution is 6.33. The van der Waals surface area contributed by atoms with Crippen LogP contribution in [0.25, 0.3) is 0 Å². The Kier molecular flexibility index (Phi) is 4.62. The third-order valence-corrected chi connectivity index (χ3v) is 3.85. The normalized spacial score (nSPS) is 18.9. The van der Waals surface area contributed by atoms with Crippen molar-refractivity contribution in [1.29, 1.82) is 0 Å².